The Bertz CT molecular complexity index is 1240. The molecule has 5 nitrogen and oxygen atoms in total. The average molecular weight is 414 g/mol. The summed E-state index contributed by atoms with van der Waals surface area (Å²) in [6.45, 7) is 6.02. The Morgan fingerprint density at radius 2 is 1.61 bits per heavy atom. The quantitative estimate of drug-likeness (QED) is 0.480. The Hall–Kier alpha value is -3.31. The second-order valence-electron chi connectivity index (χ2n) is 8.13. The van der Waals surface area contributed by atoms with Crippen molar-refractivity contribution in [2.24, 2.45) is 0 Å². The van der Waals surface area contributed by atoms with Gasteiger partial charge in [-0.2, -0.15) is 0 Å². The van der Waals surface area contributed by atoms with Gasteiger partial charge in [-0.1, -0.05) is 30.3 Å². The van der Waals surface area contributed by atoms with E-state index in [1.165, 1.54) is 16.5 Å². The fourth-order valence-corrected chi connectivity index (χ4v) is 4.30. The van der Waals surface area contributed by atoms with Crippen LogP contribution in [-0.4, -0.2) is 49.2 Å². The lowest BCUT2D eigenvalue weighted by atomic mass is 10.1. The van der Waals surface area contributed by atoms with Crippen LogP contribution in [0.1, 0.15) is 6.42 Å². The van der Waals surface area contributed by atoms with E-state index in [2.05, 4.69) is 57.2 Å². The van der Waals surface area contributed by atoms with Crippen LogP contribution in [0.3, 0.4) is 0 Å². The van der Waals surface area contributed by atoms with Gasteiger partial charge in [0.1, 0.15) is 5.75 Å². The number of hydrogen-bond donors (Lipinski definition) is 1. The third-order valence-electron chi connectivity index (χ3n) is 6.05. The molecule has 1 aliphatic heterocycles. The fourth-order valence-electron chi connectivity index (χ4n) is 4.30. The first-order valence-electron chi connectivity index (χ1n) is 11.0. The number of anilines is 1. The van der Waals surface area contributed by atoms with Gasteiger partial charge < -0.3 is 14.6 Å². The van der Waals surface area contributed by atoms with E-state index < -0.39 is 0 Å². The number of rotatable bonds is 6. The predicted molar refractivity (Wildman–Crippen MR) is 127 cm³/mol. The van der Waals surface area contributed by atoms with Crippen LogP contribution in [0.15, 0.2) is 77.6 Å². The maximum Gasteiger partial charge on any atom is 0.248 e. The number of aromatic nitrogens is 1. The molecule has 0 unspecified atom stereocenters. The van der Waals surface area contributed by atoms with Crippen molar-refractivity contribution in [2.75, 3.05) is 44.2 Å². The van der Waals surface area contributed by atoms with Gasteiger partial charge in [0.2, 0.25) is 5.56 Å². The number of ether oxygens (including phenoxy) is 1. The molecule has 1 aromatic heterocycles. The van der Waals surface area contributed by atoms with Crippen LogP contribution in [0.4, 0.5) is 5.69 Å². The number of pyridine rings is 1. The molecule has 0 spiro atoms. The van der Waals surface area contributed by atoms with Crippen molar-refractivity contribution in [2.45, 2.75) is 6.42 Å². The lowest BCUT2D eigenvalue weighted by Crippen LogP contribution is -2.46. The predicted octanol–water partition coefficient (Wildman–Crippen LogP) is 4.27. The van der Waals surface area contributed by atoms with Crippen molar-refractivity contribution in [3.63, 3.8) is 0 Å². The molecule has 1 N–H and O–H groups in total. The molecule has 0 saturated carbocycles. The van der Waals surface area contributed by atoms with Crippen molar-refractivity contribution in [1.82, 2.24) is 9.88 Å². The summed E-state index contributed by atoms with van der Waals surface area (Å²) < 4.78 is 5.94. The first kappa shape index (κ1) is 19.6. The topological polar surface area (TPSA) is 48.6 Å². The Kier molecular flexibility index (Phi) is 5.59. The Morgan fingerprint density at radius 1 is 0.806 bits per heavy atom. The second kappa shape index (κ2) is 8.82. The standard InChI is InChI=1S/C26H27N3O2/c30-26-11-7-22-19-24(9-10-25(22)27-26)31-17-3-12-28-13-15-29(16-14-28)23-8-6-20-4-1-2-5-21(20)18-23/h1-2,4-11,18-19H,3,12-17H2,(H,27,30). The largest absolute Gasteiger partial charge is 0.494 e. The molecule has 0 amide bonds. The highest BCUT2D eigenvalue weighted by molar-refractivity contribution is 5.85. The van der Waals surface area contributed by atoms with E-state index in [0.29, 0.717) is 6.61 Å². The Labute approximate surface area is 181 Å². The van der Waals surface area contributed by atoms with Crippen LogP contribution in [0.5, 0.6) is 5.75 Å². The van der Waals surface area contributed by atoms with Gasteiger partial charge >= 0.3 is 0 Å². The van der Waals surface area contributed by atoms with Crippen molar-refractivity contribution in [1.29, 1.82) is 0 Å². The van der Waals surface area contributed by atoms with E-state index in [1.54, 1.807) is 6.07 Å². The highest BCUT2D eigenvalue weighted by Gasteiger charge is 2.17. The Morgan fingerprint density at radius 3 is 2.48 bits per heavy atom. The minimum absolute atomic E-state index is 0.0816. The minimum Gasteiger partial charge on any atom is -0.494 e. The van der Waals surface area contributed by atoms with Gasteiger partial charge in [-0.25, -0.2) is 0 Å². The number of nitrogens with one attached hydrogen (secondary N) is 1. The van der Waals surface area contributed by atoms with Crippen LogP contribution in [-0.2, 0) is 0 Å². The maximum absolute atomic E-state index is 11.4. The average Bonchev–Trinajstić information content (AvgIpc) is 2.82. The number of fused-ring (bicyclic) bond motifs is 2. The van der Waals surface area contributed by atoms with Gasteiger partial charge in [-0.15, -0.1) is 0 Å². The number of benzene rings is 3. The van der Waals surface area contributed by atoms with E-state index >= 15 is 0 Å². The molecule has 1 saturated heterocycles. The van der Waals surface area contributed by atoms with Crippen molar-refractivity contribution in [3.8, 4) is 5.75 Å². The number of piperazine rings is 1. The number of hydrogen-bond acceptors (Lipinski definition) is 4. The summed E-state index contributed by atoms with van der Waals surface area (Å²) in [4.78, 5) is 19.2. The van der Waals surface area contributed by atoms with E-state index in [-0.39, 0.29) is 5.56 Å². The summed E-state index contributed by atoms with van der Waals surface area (Å²) in [7, 11) is 0. The van der Waals surface area contributed by atoms with E-state index in [9.17, 15) is 4.79 Å². The minimum atomic E-state index is -0.0816. The van der Waals surface area contributed by atoms with E-state index in [1.807, 2.05) is 24.3 Å². The molecule has 1 fully saturated rings. The van der Waals surface area contributed by atoms with Crippen molar-refractivity contribution < 1.29 is 4.74 Å². The highest BCUT2D eigenvalue weighted by atomic mass is 16.5. The summed E-state index contributed by atoms with van der Waals surface area (Å²) in [6, 6.07) is 24.5. The SMILES string of the molecule is O=c1ccc2cc(OCCCN3CCN(c4ccc5ccccc5c4)CC3)ccc2[nH]1. The number of nitrogens with zero attached hydrogens (tertiary/aromatic N) is 2. The summed E-state index contributed by atoms with van der Waals surface area (Å²) in [5, 5.41) is 3.59. The highest BCUT2D eigenvalue weighted by Crippen LogP contribution is 2.23. The monoisotopic (exact) mass is 413 g/mol. The van der Waals surface area contributed by atoms with Crippen LogP contribution in [0.2, 0.25) is 0 Å². The van der Waals surface area contributed by atoms with Gasteiger partial charge in [0.15, 0.2) is 0 Å². The normalized spacial score (nSPS) is 14.9. The Balaban J connectivity index is 1.08. The molecule has 0 aliphatic carbocycles. The van der Waals surface area contributed by atoms with Gasteiger partial charge in [0.25, 0.3) is 0 Å². The molecule has 2 heterocycles. The molecule has 158 valence electrons. The van der Waals surface area contributed by atoms with Crippen LogP contribution < -0.4 is 15.2 Å². The van der Waals surface area contributed by atoms with Crippen LogP contribution in [0, 0.1) is 0 Å². The van der Waals surface area contributed by atoms with Gasteiger partial charge in [0.05, 0.1) is 6.61 Å². The molecule has 4 aromatic rings. The lowest BCUT2D eigenvalue weighted by Gasteiger charge is -2.36. The second-order valence-corrected chi connectivity index (χ2v) is 8.13. The smallest absolute Gasteiger partial charge is 0.248 e. The van der Waals surface area contributed by atoms with E-state index in [0.717, 1.165) is 55.8 Å². The number of aromatic amines is 1. The first-order valence-corrected chi connectivity index (χ1v) is 11.0. The van der Waals surface area contributed by atoms with Gasteiger partial charge in [0, 0.05) is 55.4 Å². The van der Waals surface area contributed by atoms with Crippen LogP contribution >= 0.6 is 0 Å². The van der Waals surface area contributed by atoms with Gasteiger partial charge in [-0.05, 0) is 53.6 Å². The summed E-state index contributed by atoms with van der Waals surface area (Å²) >= 11 is 0. The summed E-state index contributed by atoms with van der Waals surface area (Å²) in [5.41, 5.74) is 2.07. The molecule has 1 aliphatic rings. The summed E-state index contributed by atoms with van der Waals surface area (Å²) in [5.74, 6) is 0.848. The van der Waals surface area contributed by atoms with Gasteiger partial charge in [-0.3, -0.25) is 9.69 Å². The molecule has 0 radical (unpaired) electrons. The zero-order chi connectivity index (χ0) is 21.0. The zero-order valence-corrected chi connectivity index (χ0v) is 17.6. The molecule has 31 heavy (non-hydrogen) atoms. The lowest BCUT2D eigenvalue weighted by molar-refractivity contribution is 0.225. The molecule has 5 rings (SSSR count). The fraction of sp³-hybridized carbons (Fsp3) is 0.269. The molecule has 3 aromatic carbocycles. The third-order valence-corrected chi connectivity index (χ3v) is 6.05. The zero-order valence-electron chi connectivity index (χ0n) is 17.6. The molecule has 0 bridgehead atoms. The van der Waals surface area contributed by atoms with Crippen molar-refractivity contribution in [3.05, 3.63) is 83.2 Å². The first-order chi connectivity index (χ1) is 15.2. The molecular formula is C26H27N3O2. The third kappa shape index (κ3) is 4.57. The van der Waals surface area contributed by atoms with Crippen LogP contribution in [0.25, 0.3) is 21.7 Å². The van der Waals surface area contributed by atoms with Crippen molar-refractivity contribution >= 4 is 27.4 Å². The maximum atomic E-state index is 11.4. The number of H-pyrrole nitrogens is 1. The summed E-state index contributed by atoms with van der Waals surface area (Å²) in [6.07, 6.45) is 1.000. The van der Waals surface area contributed by atoms with E-state index in [4.69, 9.17) is 4.74 Å². The molecular weight excluding hydrogens is 386 g/mol. The molecule has 5 heteroatoms. The molecule has 0 atom stereocenters.